The second kappa shape index (κ2) is 12.8. The van der Waals surface area contributed by atoms with E-state index in [9.17, 15) is 27.6 Å². The van der Waals surface area contributed by atoms with Crippen molar-refractivity contribution in [1.29, 1.82) is 0 Å². The molecule has 1 aliphatic carbocycles. The largest absolute Gasteiger partial charge is 0.460 e. The van der Waals surface area contributed by atoms with Gasteiger partial charge in [0.15, 0.2) is 0 Å². The number of hydrogen-bond donors (Lipinski definition) is 2. The number of nitrogens with one attached hydrogen (secondary N) is 2. The molecule has 2 N–H and O–H groups in total. The van der Waals surface area contributed by atoms with Crippen LogP contribution in [0.5, 0.6) is 0 Å². The first-order chi connectivity index (χ1) is 17.1. The van der Waals surface area contributed by atoms with E-state index in [1.807, 2.05) is 20.8 Å². The highest BCUT2D eigenvalue weighted by Crippen LogP contribution is 2.32. The lowest BCUT2D eigenvalue weighted by molar-refractivity contribution is -0.155. The molecule has 0 radical (unpaired) electrons. The normalized spacial score (nSPS) is 20.6. The monoisotopic (exact) mass is 527 g/mol. The zero-order chi connectivity index (χ0) is 28.0. The van der Waals surface area contributed by atoms with Crippen molar-refractivity contribution in [2.45, 2.75) is 96.6 Å². The summed E-state index contributed by atoms with van der Waals surface area (Å²) in [6, 6.07) is 4.55. The van der Waals surface area contributed by atoms with E-state index in [-0.39, 0.29) is 36.5 Å². The van der Waals surface area contributed by atoms with E-state index in [2.05, 4.69) is 36.4 Å². The van der Waals surface area contributed by atoms with Gasteiger partial charge < -0.3 is 20.3 Å². The Morgan fingerprint density at radius 2 is 1.81 bits per heavy atom. The van der Waals surface area contributed by atoms with Gasteiger partial charge in [0.05, 0.1) is 12.1 Å². The minimum atomic E-state index is -4.57. The maximum atomic E-state index is 12.9. The molecule has 1 aromatic carbocycles. The number of ether oxygens (including phenoxy) is 1. The molecule has 0 aromatic heterocycles. The number of alkyl halides is 3. The summed E-state index contributed by atoms with van der Waals surface area (Å²) in [5.74, 6) is -1.44. The van der Waals surface area contributed by atoms with Crippen LogP contribution >= 0.6 is 0 Å². The van der Waals surface area contributed by atoms with Crippen LogP contribution in [0.15, 0.2) is 24.3 Å². The summed E-state index contributed by atoms with van der Waals surface area (Å²) in [6.07, 6.45) is -1.38. The lowest BCUT2D eigenvalue weighted by atomic mass is 9.78. The molecule has 3 unspecified atom stereocenters. The molecule has 2 rings (SSSR count). The summed E-state index contributed by atoms with van der Waals surface area (Å²) in [6.45, 7) is 9.33. The maximum Gasteiger partial charge on any atom is 0.416 e. The fourth-order valence-electron chi connectivity index (χ4n) is 4.59. The Kier molecular flexibility index (Phi) is 10.6. The predicted octanol–water partition coefficient (Wildman–Crippen LogP) is 4.55. The number of benzene rings is 1. The number of carbonyl (C=O) groups is 3. The van der Waals surface area contributed by atoms with E-state index in [1.165, 1.54) is 6.07 Å². The van der Waals surface area contributed by atoms with Crippen molar-refractivity contribution in [3.05, 3.63) is 35.4 Å². The second-order valence-corrected chi connectivity index (χ2v) is 11.0. The molecule has 7 nitrogen and oxygen atoms in total. The van der Waals surface area contributed by atoms with E-state index in [0.29, 0.717) is 24.9 Å². The SMILES string of the molecule is CC(C)N(C)C1CCC(NC(=O)CNC(=O)c2cccc(C(F)(F)F)c2)C(CCC(=O)OC(C)(C)C)C1. The number of nitrogens with zero attached hydrogens (tertiary/aromatic N) is 1. The van der Waals surface area contributed by atoms with Gasteiger partial charge in [-0.05, 0) is 91.5 Å². The van der Waals surface area contributed by atoms with Gasteiger partial charge in [0.25, 0.3) is 5.91 Å². The molecule has 208 valence electrons. The number of halogens is 3. The fraction of sp³-hybridized carbons (Fsp3) is 0.667. The average molecular weight is 528 g/mol. The van der Waals surface area contributed by atoms with Crippen LogP contribution in [0.25, 0.3) is 0 Å². The maximum absolute atomic E-state index is 12.9. The molecular weight excluding hydrogens is 487 g/mol. The molecule has 1 aliphatic rings. The molecule has 1 saturated carbocycles. The molecule has 3 atom stereocenters. The number of hydrogen-bond acceptors (Lipinski definition) is 5. The van der Waals surface area contributed by atoms with E-state index >= 15 is 0 Å². The quantitative estimate of drug-likeness (QED) is 0.460. The van der Waals surface area contributed by atoms with E-state index < -0.39 is 29.2 Å². The Balaban J connectivity index is 1.99. The smallest absolute Gasteiger partial charge is 0.416 e. The second-order valence-electron chi connectivity index (χ2n) is 11.0. The van der Waals surface area contributed by atoms with Crippen LogP contribution in [0.4, 0.5) is 13.2 Å². The molecule has 1 fully saturated rings. The van der Waals surface area contributed by atoms with Crippen LogP contribution in [0.2, 0.25) is 0 Å². The van der Waals surface area contributed by atoms with Crippen molar-refractivity contribution < 1.29 is 32.3 Å². The van der Waals surface area contributed by atoms with Crippen LogP contribution < -0.4 is 10.6 Å². The zero-order valence-corrected chi connectivity index (χ0v) is 22.6. The topological polar surface area (TPSA) is 87.7 Å². The molecular formula is C27H40F3N3O4. The third-order valence-corrected chi connectivity index (χ3v) is 6.69. The Morgan fingerprint density at radius 1 is 1.14 bits per heavy atom. The summed E-state index contributed by atoms with van der Waals surface area (Å²) in [5, 5.41) is 5.37. The molecule has 0 heterocycles. The highest BCUT2D eigenvalue weighted by atomic mass is 19.4. The summed E-state index contributed by atoms with van der Waals surface area (Å²) < 4.78 is 44.2. The average Bonchev–Trinajstić information content (AvgIpc) is 2.79. The van der Waals surface area contributed by atoms with Gasteiger partial charge in [-0.1, -0.05) is 6.07 Å². The molecule has 0 bridgehead atoms. The third-order valence-electron chi connectivity index (χ3n) is 6.69. The van der Waals surface area contributed by atoms with Crippen LogP contribution in [0, 0.1) is 5.92 Å². The minimum absolute atomic E-state index is 0.0376. The summed E-state index contributed by atoms with van der Waals surface area (Å²) in [4.78, 5) is 39.6. The standard InChI is InChI=1S/C27H40F3N3O4/c1-17(2)33(6)21-11-12-22(18(15-21)10-13-24(35)37-26(3,4)5)32-23(34)16-31-25(36)19-8-7-9-20(14-19)27(28,29)30/h7-9,14,17-18,21-22H,10-13,15-16H2,1-6H3,(H,31,36)(H,32,34). The predicted molar refractivity (Wildman–Crippen MR) is 135 cm³/mol. The van der Waals surface area contributed by atoms with Crippen LogP contribution in [-0.2, 0) is 20.5 Å². The number of rotatable bonds is 9. The Bertz CT molecular complexity index is 944. The molecule has 0 spiro atoms. The van der Waals surface area contributed by atoms with Gasteiger partial charge in [0.2, 0.25) is 5.91 Å². The van der Waals surface area contributed by atoms with Crippen LogP contribution in [0.1, 0.15) is 82.6 Å². The summed E-state index contributed by atoms with van der Waals surface area (Å²) in [7, 11) is 2.07. The zero-order valence-electron chi connectivity index (χ0n) is 22.6. The first-order valence-corrected chi connectivity index (χ1v) is 12.8. The highest BCUT2D eigenvalue weighted by Gasteiger charge is 2.34. The Labute approximate surface area is 217 Å². The Hall–Kier alpha value is -2.62. The molecule has 10 heteroatoms. The van der Waals surface area contributed by atoms with Gasteiger partial charge >= 0.3 is 12.1 Å². The highest BCUT2D eigenvalue weighted by molar-refractivity contribution is 5.96. The van der Waals surface area contributed by atoms with Gasteiger partial charge in [-0.3, -0.25) is 14.4 Å². The van der Waals surface area contributed by atoms with Crippen molar-refractivity contribution >= 4 is 17.8 Å². The van der Waals surface area contributed by atoms with Gasteiger partial charge in [0, 0.05) is 30.1 Å². The molecule has 0 saturated heterocycles. The van der Waals surface area contributed by atoms with E-state index in [0.717, 1.165) is 31.0 Å². The van der Waals surface area contributed by atoms with Gasteiger partial charge in [0.1, 0.15) is 5.60 Å². The minimum Gasteiger partial charge on any atom is -0.460 e. The lowest BCUT2D eigenvalue weighted by Gasteiger charge is -2.41. The van der Waals surface area contributed by atoms with Crippen molar-refractivity contribution in [1.82, 2.24) is 15.5 Å². The van der Waals surface area contributed by atoms with Crippen molar-refractivity contribution in [3.63, 3.8) is 0 Å². The van der Waals surface area contributed by atoms with Gasteiger partial charge in [-0.2, -0.15) is 13.2 Å². The number of amides is 2. The van der Waals surface area contributed by atoms with Crippen LogP contribution in [-0.4, -0.2) is 60.0 Å². The molecule has 37 heavy (non-hydrogen) atoms. The first-order valence-electron chi connectivity index (χ1n) is 12.8. The van der Waals surface area contributed by atoms with Crippen molar-refractivity contribution in [2.24, 2.45) is 5.92 Å². The van der Waals surface area contributed by atoms with Gasteiger partial charge in [-0.15, -0.1) is 0 Å². The first kappa shape index (κ1) is 30.6. The molecule has 0 aliphatic heterocycles. The summed E-state index contributed by atoms with van der Waals surface area (Å²) in [5.41, 5.74) is -1.68. The van der Waals surface area contributed by atoms with E-state index in [4.69, 9.17) is 4.74 Å². The lowest BCUT2D eigenvalue weighted by Crippen LogP contribution is -2.51. The fourth-order valence-corrected chi connectivity index (χ4v) is 4.59. The molecule has 2 amide bonds. The number of esters is 1. The van der Waals surface area contributed by atoms with E-state index in [1.54, 1.807) is 0 Å². The van der Waals surface area contributed by atoms with Gasteiger partial charge in [-0.25, -0.2) is 0 Å². The summed E-state index contributed by atoms with van der Waals surface area (Å²) >= 11 is 0. The molecule has 1 aromatic rings. The third kappa shape index (κ3) is 9.98. The van der Waals surface area contributed by atoms with Crippen molar-refractivity contribution in [2.75, 3.05) is 13.6 Å². The van der Waals surface area contributed by atoms with Crippen LogP contribution in [0.3, 0.4) is 0 Å². The number of carbonyl (C=O) groups excluding carboxylic acids is 3. The Morgan fingerprint density at radius 3 is 2.41 bits per heavy atom. The van der Waals surface area contributed by atoms with Crippen molar-refractivity contribution in [3.8, 4) is 0 Å².